The second kappa shape index (κ2) is 6.65. The SMILES string of the molecule is CCC(N)Cc1ccccc1N(CC)C(C)C. The molecule has 17 heavy (non-hydrogen) atoms. The Labute approximate surface area is 106 Å². The molecule has 0 radical (unpaired) electrons. The number of benzene rings is 1. The number of hydrogen-bond acceptors (Lipinski definition) is 2. The summed E-state index contributed by atoms with van der Waals surface area (Å²) >= 11 is 0. The van der Waals surface area contributed by atoms with Crippen LogP contribution in [0.2, 0.25) is 0 Å². The third kappa shape index (κ3) is 3.74. The summed E-state index contributed by atoms with van der Waals surface area (Å²) in [7, 11) is 0. The summed E-state index contributed by atoms with van der Waals surface area (Å²) < 4.78 is 0. The summed E-state index contributed by atoms with van der Waals surface area (Å²) in [5.41, 5.74) is 8.79. The Hall–Kier alpha value is -1.02. The lowest BCUT2D eigenvalue weighted by Gasteiger charge is -2.30. The van der Waals surface area contributed by atoms with Crippen molar-refractivity contribution in [2.45, 2.75) is 52.6 Å². The summed E-state index contributed by atoms with van der Waals surface area (Å²) in [6.07, 6.45) is 2.00. The molecule has 0 aliphatic rings. The van der Waals surface area contributed by atoms with Crippen molar-refractivity contribution in [3.63, 3.8) is 0 Å². The van der Waals surface area contributed by atoms with Crippen LogP contribution in [0.5, 0.6) is 0 Å². The smallest absolute Gasteiger partial charge is 0.0401 e. The van der Waals surface area contributed by atoms with Crippen LogP contribution in [-0.4, -0.2) is 18.6 Å². The first-order valence-electron chi connectivity index (χ1n) is 6.70. The van der Waals surface area contributed by atoms with Gasteiger partial charge in [-0.3, -0.25) is 0 Å². The van der Waals surface area contributed by atoms with Gasteiger partial charge < -0.3 is 10.6 Å². The zero-order chi connectivity index (χ0) is 12.8. The van der Waals surface area contributed by atoms with Crippen LogP contribution in [-0.2, 0) is 6.42 Å². The average Bonchev–Trinajstić information content (AvgIpc) is 2.31. The van der Waals surface area contributed by atoms with E-state index in [1.54, 1.807) is 0 Å². The molecule has 0 aliphatic carbocycles. The Balaban J connectivity index is 2.97. The van der Waals surface area contributed by atoms with E-state index in [2.05, 4.69) is 56.9 Å². The molecule has 1 unspecified atom stereocenters. The predicted octanol–water partition coefficient (Wildman–Crippen LogP) is 3.20. The van der Waals surface area contributed by atoms with Gasteiger partial charge in [0.15, 0.2) is 0 Å². The Bertz CT molecular complexity index is 333. The van der Waals surface area contributed by atoms with Crippen LogP contribution in [0.3, 0.4) is 0 Å². The molecule has 96 valence electrons. The molecule has 0 saturated carbocycles. The number of rotatable bonds is 6. The van der Waals surface area contributed by atoms with Crippen molar-refractivity contribution in [2.24, 2.45) is 5.73 Å². The molecule has 0 aliphatic heterocycles. The van der Waals surface area contributed by atoms with Crippen molar-refractivity contribution in [3.8, 4) is 0 Å². The van der Waals surface area contributed by atoms with E-state index >= 15 is 0 Å². The number of para-hydroxylation sites is 1. The van der Waals surface area contributed by atoms with Gasteiger partial charge in [0.2, 0.25) is 0 Å². The van der Waals surface area contributed by atoms with E-state index in [0.29, 0.717) is 6.04 Å². The lowest BCUT2D eigenvalue weighted by molar-refractivity contribution is 0.638. The van der Waals surface area contributed by atoms with Crippen molar-refractivity contribution in [2.75, 3.05) is 11.4 Å². The van der Waals surface area contributed by atoms with E-state index in [-0.39, 0.29) is 6.04 Å². The first kappa shape index (κ1) is 14.0. The molecule has 0 amide bonds. The van der Waals surface area contributed by atoms with Crippen LogP contribution < -0.4 is 10.6 Å². The largest absolute Gasteiger partial charge is 0.369 e. The first-order chi connectivity index (χ1) is 8.10. The fourth-order valence-electron chi connectivity index (χ4n) is 2.20. The topological polar surface area (TPSA) is 29.3 Å². The van der Waals surface area contributed by atoms with Gasteiger partial charge in [-0.1, -0.05) is 25.1 Å². The summed E-state index contributed by atoms with van der Waals surface area (Å²) in [6.45, 7) is 9.86. The van der Waals surface area contributed by atoms with Crippen LogP contribution in [0.4, 0.5) is 5.69 Å². The minimum absolute atomic E-state index is 0.266. The maximum atomic E-state index is 6.07. The molecule has 0 fully saturated rings. The molecule has 0 spiro atoms. The van der Waals surface area contributed by atoms with Crippen LogP contribution >= 0.6 is 0 Å². The van der Waals surface area contributed by atoms with Crippen molar-refractivity contribution in [3.05, 3.63) is 29.8 Å². The number of hydrogen-bond donors (Lipinski definition) is 1. The van der Waals surface area contributed by atoms with Gasteiger partial charge in [0, 0.05) is 24.3 Å². The molecule has 2 nitrogen and oxygen atoms in total. The third-order valence-corrected chi connectivity index (χ3v) is 3.27. The molecule has 0 heterocycles. The second-order valence-electron chi connectivity index (χ2n) is 4.88. The van der Waals surface area contributed by atoms with Crippen LogP contribution in [0.25, 0.3) is 0 Å². The van der Waals surface area contributed by atoms with Crippen molar-refractivity contribution >= 4 is 5.69 Å². The van der Waals surface area contributed by atoms with Gasteiger partial charge in [0.25, 0.3) is 0 Å². The lowest BCUT2D eigenvalue weighted by atomic mass is 10.0. The number of anilines is 1. The molecule has 2 N–H and O–H groups in total. The summed E-state index contributed by atoms with van der Waals surface area (Å²) in [5, 5.41) is 0. The zero-order valence-corrected chi connectivity index (χ0v) is 11.6. The third-order valence-electron chi connectivity index (χ3n) is 3.27. The number of nitrogens with two attached hydrogens (primary N) is 1. The molecular weight excluding hydrogens is 208 g/mol. The number of nitrogens with zero attached hydrogens (tertiary/aromatic N) is 1. The van der Waals surface area contributed by atoms with E-state index in [0.717, 1.165) is 19.4 Å². The van der Waals surface area contributed by atoms with Crippen LogP contribution in [0.1, 0.15) is 39.7 Å². The van der Waals surface area contributed by atoms with Gasteiger partial charge in [0.1, 0.15) is 0 Å². The van der Waals surface area contributed by atoms with Gasteiger partial charge in [0.05, 0.1) is 0 Å². The summed E-state index contributed by atoms with van der Waals surface area (Å²) in [6, 6.07) is 9.43. The molecule has 1 aromatic rings. The zero-order valence-electron chi connectivity index (χ0n) is 11.6. The van der Waals surface area contributed by atoms with Gasteiger partial charge in [-0.2, -0.15) is 0 Å². The van der Waals surface area contributed by atoms with Crippen molar-refractivity contribution in [1.29, 1.82) is 0 Å². The fraction of sp³-hybridized carbons (Fsp3) is 0.600. The van der Waals surface area contributed by atoms with E-state index in [9.17, 15) is 0 Å². The van der Waals surface area contributed by atoms with Gasteiger partial charge in [-0.25, -0.2) is 0 Å². The maximum Gasteiger partial charge on any atom is 0.0401 e. The lowest BCUT2D eigenvalue weighted by Crippen LogP contribution is -2.32. The molecule has 2 heteroatoms. The minimum Gasteiger partial charge on any atom is -0.369 e. The highest BCUT2D eigenvalue weighted by Gasteiger charge is 2.13. The first-order valence-corrected chi connectivity index (χ1v) is 6.70. The highest BCUT2D eigenvalue weighted by atomic mass is 15.1. The minimum atomic E-state index is 0.266. The maximum absolute atomic E-state index is 6.07. The highest BCUT2D eigenvalue weighted by molar-refractivity contribution is 5.54. The summed E-state index contributed by atoms with van der Waals surface area (Å²) in [4.78, 5) is 2.43. The van der Waals surface area contributed by atoms with Crippen molar-refractivity contribution in [1.82, 2.24) is 0 Å². The van der Waals surface area contributed by atoms with E-state index in [1.165, 1.54) is 11.3 Å². The van der Waals surface area contributed by atoms with Gasteiger partial charge >= 0.3 is 0 Å². The van der Waals surface area contributed by atoms with Gasteiger partial charge in [-0.05, 0) is 45.2 Å². The normalized spacial score (nSPS) is 12.8. The predicted molar refractivity (Wildman–Crippen MR) is 76.6 cm³/mol. The van der Waals surface area contributed by atoms with Crippen LogP contribution in [0, 0.1) is 0 Å². The Morgan fingerprint density at radius 2 is 1.82 bits per heavy atom. The van der Waals surface area contributed by atoms with E-state index in [4.69, 9.17) is 5.73 Å². The molecule has 1 aromatic carbocycles. The average molecular weight is 234 g/mol. The monoisotopic (exact) mass is 234 g/mol. The molecule has 1 atom stereocenters. The quantitative estimate of drug-likeness (QED) is 0.819. The fourth-order valence-corrected chi connectivity index (χ4v) is 2.20. The molecular formula is C15H26N2. The van der Waals surface area contributed by atoms with Crippen LogP contribution in [0.15, 0.2) is 24.3 Å². The molecule has 1 rings (SSSR count). The van der Waals surface area contributed by atoms with E-state index < -0.39 is 0 Å². The van der Waals surface area contributed by atoms with Crippen molar-refractivity contribution < 1.29 is 0 Å². The summed E-state index contributed by atoms with van der Waals surface area (Å²) in [5.74, 6) is 0. The molecule has 0 saturated heterocycles. The van der Waals surface area contributed by atoms with E-state index in [1.807, 2.05) is 0 Å². The highest BCUT2D eigenvalue weighted by Crippen LogP contribution is 2.23. The standard InChI is InChI=1S/C15H26N2/c1-5-14(16)11-13-9-7-8-10-15(13)17(6-2)12(3)4/h7-10,12,14H,5-6,11,16H2,1-4H3. The Kier molecular flexibility index (Phi) is 5.49. The molecule has 0 aromatic heterocycles. The Morgan fingerprint density at radius 3 is 2.35 bits per heavy atom. The second-order valence-corrected chi connectivity index (χ2v) is 4.88. The molecule has 0 bridgehead atoms. The van der Waals surface area contributed by atoms with Gasteiger partial charge in [-0.15, -0.1) is 0 Å². The Morgan fingerprint density at radius 1 is 1.18 bits per heavy atom.